The van der Waals surface area contributed by atoms with E-state index in [4.69, 9.17) is 10.5 Å². The molecule has 0 radical (unpaired) electrons. The van der Waals surface area contributed by atoms with E-state index in [-0.39, 0.29) is 0 Å². The second-order valence-corrected chi connectivity index (χ2v) is 4.71. The van der Waals surface area contributed by atoms with Crippen molar-refractivity contribution < 1.29 is 4.74 Å². The molecule has 0 atom stereocenters. The smallest absolute Gasteiger partial charge is 0.129 e. The van der Waals surface area contributed by atoms with Gasteiger partial charge in [-0.15, -0.1) is 0 Å². The van der Waals surface area contributed by atoms with Crippen LogP contribution in [-0.2, 0) is 7.05 Å². The maximum absolute atomic E-state index is 6.18. The molecular formula is C16H16N4O. The lowest BCUT2D eigenvalue weighted by molar-refractivity contribution is 0.415. The van der Waals surface area contributed by atoms with Crippen LogP contribution in [0.3, 0.4) is 0 Å². The number of nitrogen functional groups attached to an aromatic ring is 1. The molecule has 3 rings (SSSR count). The predicted molar refractivity (Wildman–Crippen MR) is 82.8 cm³/mol. The van der Waals surface area contributed by atoms with Crippen molar-refractivity contribution in [3.8, 4) is 28.1 Å². The Balaban J connectivity index is 2.21. The molecule has 0 spiro atoms. The lowest BCUT2D eigenvalue weighted by Crippen LogP contribution is -1.98. The standard InChI is InChI=1S/C16H16N4O/c1-20-16(17)14(12-6-4-8-18-10-12)15(19-20)11-5-3-7-13(9-11)21-2/h3-10H,17H2,1-2H3. The fourth-order valence-corrected chi connectivity index (χ4v) is 2.30. The Morgan fingerprint density at radius 3 is 2.67 bits per heavy atom. The molecule has 3 aromatic rings. The van der Waals surface area contributed by atoms with Gasteiger partial charge in [0.2, 0.25) is 0 Å². The average Bonchev–Trinajstić information content (AvgIpc) is 2.84. The summed E-state index contributed by atoms with van der Waals surface area (Å²) in [5.74, 6) is 1.40. The van der Waals surface area contributed by atoms with Crippen molar-refractivity contribution in [3.63, 3.8) is 0 Å². The number of hydrogen-bond donors (Lipinski definition) is 1. The third kappa shape index (κ3) is 2.33. The summed E-state index contributed by atoms with van der Waals surface area (Å²) in [7, 11) is 3.48. The lowest BCUT2D eigenvalue weighted by atomic mass is 10.0. The zero-order valence-corrected chi connectivity index (χ0v) is 11.9. The van der Waals surface area contributed by atoms with Crippen molar-refractivity contribution in [3.05, 3.63) is 48.8 Å². The largest absolute Gasteiger partial charge is 0.497 e. The first kappa shape index (κ1) is 13.2. The number of ether oxygens (including phenoxy) is 1. The summed E-state index contributed by atoms with van der Waals surface area (Å²) in [6.45, 7) is 0. The van der Waals surface area contributed by atoms with Gasteiger partial charge in [0.15, 0.2) is 0 Å². The van der Waals surface area contributed by atoms with Gasteiger partial charge in [-0.1, -0.05) is 18.2 Å². The van der Waals surface area contributed by atoms with Gasteiger partial charge in [0.25, 0.3) is 0 Å². The summed E-state index contributed by atoms with van der Waals surface area (Å²) in [5, 5.41) is 4.54. The maximum Gasteiger partial charge on any atom is 0.129 e. The van der Waals surface area contributed by atoms with E-state index in [0.717, 1.165) is 28.1 Å². The highest BCUT2D eigenvalue weighted by molar-refractivity contribution is 5.88. The Morgan fingerprint density at radius 2 is 1.95 bits per heavy atom. The predicted octanol–water partition coefficient (Wildman–Crippen LogP) is 2.74. The minimum atomic E-state index is 0.612. The van der Waals surface area contributed by atoms with Crippen molar-refractivity contribution in [2.24, 2.45) is 7.05 Å². The quantitative estimate of drug-likeness (QED) is 0.801. The number of anilines is 1. The minimum Gasteiger partial charge on any atom is -0.497 e. The number of aromatic nitrogens is 3. The van der Waals surface area contributed by atoms with Gasteiger partial charge in [-0.2, -0.15) is 5.10 Å². The van der Waals surface area contributed by atoms with E-state index < -0.39 is 0 Å². The summed E-state index contributed by atoms with van der Waals surface area (Å²) in [6, 6.07) is 11.6. The molecule has 0 aliphatic heterocycles. The summed E-state index contributed by atoms with van der Waals surface area (Å²) in [5.41, 5.74) is 9.80. The van der Waals surface area contributed by atoms with Crippen molar-refractivity contribution in [2.75, 3.05) is 12.8 Å². The number of nitrogens with two attached hydrogens (primary N) is 1. The number of pyridine rings is 1. The SMILES string of the molecule is COc1cccc(-c2nn(C)c(N)c2-c2cccnc2)c1. The van der Waals surface area contributed by atoms with E-state index >= 15 is 0 Å². The van der Waals surface area contributed by atoms with E-state index in [2.05, 4.69) is 10.1 Å². The highest BCUT2D eigenvalue weighted by Crippen LogP contribution is 2.36. The average molecular weight is 280 g/mol. The molecule has 0 aliphatic rings. The van der Waals surface area contributed by atoms with E-state index in [1.165, 1.54) is 0 Å². The second kappa shape index (κ2) is 5.28. The fourth-order valence-electron chi connectivity index (χ4n) is 2.30. The van der Waals surface area contributed by atoms with Crippen LogP contribution in [0, 0.1) is 0 Å². The first-order chi connectivity index (χ1) is 10.2. The zero-order valence-electron chi connectivity index (χ0n) is 11.9. The molecular weight excluding hydrogens is 264 g/mol. The number of benzene rings is 1. The molecule has 1 aromatic carbocycles. The molecule has 21 heavy (non-hydrogen) atoms. The van der Waals surface area contributed by atoms with Gasteiger partial charge in [-0.3, -0.25) is 9.67 Å². The van der Waals surface area contributed by atoms with Gasteiger partial charge in [0, 0.05) is 30.6 Å². The summed E-state index contributed by atoms with van der Waals surface area (Å²) < 4.78 is 6.96. The van der Waals surface area contributed by atoms with Crippen LogP contribution >= 0.6 is 0 Å². The monoisotopic (exact) mass is 280 g/mol. The normalized spacial score (nSPS) is 10.6. The molecule has 2 heterocycles. The molecule has 0 amide bonds. The van der Waals surface area contributed by atoms with Crippen LogP contribution in [0.4, 0.5) is 5.82 Å². The van der Waals surface area contributed by atoms with Gasteiger partial charge in [0.1, 0.15) is 17.3 Å². The summed E-state index contributed by atoms with van der Waals surface area (Å²) >= 11 is 0. The number of aryl methyl sites for hydroxylation is 1. The van der Waals surface area contributed by atoms with Crippen LogP contribution in [0.5, 0.6) is 5.75 Å². The third-order valence-electron chi connectivity index (χ3n) is 3.38. The van der Waals surface area contributed by atoms with Gasteiger partial charge >= 0.3 is 0 Å². The number of nitrogens with zero attached hydrogens (tertiary/aromatic N) is 3. The van der Waals surface area contributed by atoms with Crippen LogP contribution in [0.2, 0.25) is 0 Å². The van der Waals surface area contributed by atoms with E-state index in [1.54, 1.807) is 24.2 Å². The van der Waals surface area contributed by atoms with Gasteiger partial charge < -0.3 is 10.5 Å². The summed E-state index contributed by atoms with van der Waals surface area (Å²) in [6.07, 6.45) is 3.53. The third-order valence-corrected chi connectivity index (χ3v) is 3.38. The van der Waals surface area contributed by atoms with Crippen LogP contribution in [0.15, 0.2) is 48.8 Å². The van der Waals surface area contributed by atoms with Gasteiger partial charge in [-0.25, -0.2) is 0 Å². The molecule has 5 heteroatoms. The Hall–Kier alpha value is -2.82. The molecule has 5 nitrogen and oxygen atoms in total. The van der Waals surface area contributed by atoms with Gasteiger partial charge in [0.05, 0.1) is 12.7 Å². The minimum absolute atomic E-state index is 0.612. The summed E-state index contributed by atoms with van der Waals surface area (Å²) in [4.78, 5) is 4.16. The van der Waals surface area contributed by atoms with Crippen molar-refractivity contribution in [1.82, 2.24) is 14.8 Å². The van der Waals surface area contributed by atoms with E-state index in [1.807, 2.05) is 43.4 Å². The highest BCUT2D eigenvalue weighted by Gasteiger charge is 2.17. The Kier molecular flexibility index (Phi) is 3.31. The Labute approximate surface area is 123 Å². The van der Waals surface area contributed by atoms with E-state index in [0.29, 0.717) is 5.82 Å². The molecule has 0 aliphatic carbocycles. The molecule has 0 unspecified atom stereocenters. The van der Waals surface area contributed by atoms with Crippen LogP contribution in [-0.4, -0.2) is 21.9 Å². The van der Waals surface area contributed by atoms with Gasteiger partial charge in [-0.05, 0) is 18.2 Å². The molecule has 2 N–H and O–H groups in total. The number of methoxy groups -OCH3 is 1. The molecule has 0 bridgehead atoms. The van der Waals surface area contributed by atoms with Crippen LogP contribution < -0.4 is 10.5 Å². The van der Waals surface area contributed by atoms with E-state index in [9.17, 15) is 0 Å². The molecule has 0 fully saturated rings. The second-order valence-electron chi connectivity index (χ2n) is 4.71. The van der Waals surface area contributed by atoms with Crippen molar-refractivity contribution in [2.45, 2.75) is 0 Å². The number of hydrogen-bond acceptors (Lipinski definition) is 4. The number of rotatable bonds is 3. The maximum atomic E-state index is 6.18. The topological polar surface area (TPSA) is 66.0 Å². The Bertz CT molecular complexity index is 765. The Morgan fingerprint density at radius 1 is 1.14 bits per heavy atom. The molecule has 0 saturated heterocycles. The zero-order chi connectivity index (χ0) is 14.8. The van der Waals surface area contributed by atoms with Crippen LogP contribution in [0.1, 0.15) is 0 Å². The first-order valence-corrected chi connectivity index (χ1v) is 6.58. The van der Waals surface area contributed by atoms with Crippen LogP contribution in [0.25, 0.3) is 22.4 Å². The molecule has 2 aromatic heterocycles. The first-order valence-electron chi connectivity index (χ1n) is 6.58. The molecule has 0 saturated carbocycles. The lowest BCUT2D eigenvalue weighted by Gasteiger charge is -2.05. The highest BCUT2D eigenvalue weighted by atomic mass is 16.5. The van der Waals surface area contributed by atoms with Crippen molar-refractivity contribution >= 4 is 5.82 Å². The molecule has 106 valence electrons. The fraction of sp³-hybridized carbons (Fsp3) is 0.125. The van der Waals surface area contributed by atoms with Crippen molar-refractivity contribution in [1.29, 1.82) is 0 Å².